The molecule has 4 aromatic rings. The monoisotopic (exact) mass is 548 g/mol. The van der Waals surface area contributed by atoms with E-state index in [4.69, 9.17) is 18.9 Å². The minimum atomic E-state index is 0. The van der Waals surface area contributed by atoms with Crippen molar-refractivity contribution in [1.29, 1.82) is 0 Å². The summed E-state index contributed by atoms with van der Waals surface area (Å²) < 4.78 is 24.5. The van der Waals surface area contributed by atoms with Crippen LogP contribution in [0.2, 0.25) is 0 Å². The average Bonchev–Trinajstić information content (AvgIpc) is 2.91. The molecule has 0 fully saturated rings. The zero-order valence-electron chi connectivity index (χ0n) is 20.8. The van der Waals surface area contributed by atoms with Gasteiger partial charge in [-0.15, -0.1) is 0 Å². The van der Waals surface area contributed by atoms with E-state index in [0.717, 1.165) is 45.9 Å². The molecule has 1 aliphatic heterocycles. The van der Waals surface area contributed by atoms with Gasteiger partial charge in [0.25, 0.3) is 5.52 Å². The van der Waals surface area contributed by atoms with E-state index in [2.05, 4.69) is 58.3 Å². The molecule has 1 aromatic heterocycles. The van der Waals surface area contributed by atoms with Crippen LogP contribution in [0.3, 0.4) is 0 Å². The van der Waals surface area contributed by atoms with Crippen molar-refractivity contribution in [3.63, 3.8) is 0 Å². The molecule has 0 atom stereocenters. The van der Waals surface area contributed by atoms with Crippen molar-refractivity contribution >= 4 is 22.7 Å². The summed E-state index contributed by atoms with van der Waals surface area (Å²) in [7, 11) is 6.73. The number of rotatable bonds is 8. The highest BCUT2D eigenvalue weighted by molar-refractivity contribution is 6.03. The minimum Gasteiger partial charge on any atom is -1.00 e. The van der Waals surface area contributed by atoms with Gasteiger partial charge < -0.3 is 40.8 Å². The summed E-state index contributed by atoms with van der Waals surface area (Å²) in [5.74, 6) is 3.13. The molecule has 7 heteroatoms. The first-order valence-electron chi connectivity index (χ1n) is 11.5. The van der Waals surface area contributed by atoms with E-state index in [1.807, 2.05) is 30.3 Å². The molecule has 6 nitrogen and oxygen atoms in total. The van der Waals surface area contributed by atoms with E-state index >= 15 is 0 Å². The molecule has 186 valence electrons. The third-order valence-electron chi connectivity index (χ3n) is 6.40. The first kappa shape index (κ1) is 25.4. The Bertz CT molecular complexity index is 1390. The Kier molecular flexibility index (Phi) is 7.70. The lowest BCUT2D eigenvalue weighted by molar-refractivity contribution is -0.662. The van der Waals surface area contributed by atoms with Crippen molar-refractivity contribution in [2.45, 2.75) is 13.1 Å². The third-order valence-corrected chi connectivity index (χ3v) is 6.40. The van der Waals surface area contributed by atoms with Crippen LogP contribution < -0.4 is 45.4 Å². The zero-order chi connectivity index (χ0) is 24.4. The summed E-state index contributed by atoms with van der Waals surface area (Å²) in [6.07, 6.45) is 6.38. The van der Waals surface area contributed by atoms with Crippen LogP contribution in [-0.4, -0.2) is 28.4 Å². The van der Waals surface area contributed by atoms with Gasteiger partial charge >= 0.3 is 0 Å². The summed E-state index contributed by atoms with van der Waals surface area (Å²) in [5, 5.41) is 1.13. The first-order valence-corrected chi connectivity index (χ1v) is 11.5. The highest BCUT2D eigenvalue weighted by Gasteiger charge is 2.28. The SMILES string of the molecule is COc1ccc(CN2C=Cc3cc(OC)c(OC)c4c3c2cc[n+]4Cc2ccc(OC)cc2)cc1.[Br-]. The summed E-state index contributed by atoms with van der Waals surface area (Å²) >= 11 is 0. The number of pyridine rings is 1. The van der Waals surface area contributed by atoms with Gasteiger partial charge in [0.15, 0.2) is 18.5 Å². The van der Waals surface area contributed by atoms with Crippen LogP contribution in [0, 0.1) is 0 Å². The molecule has 0 radical (unpaired) electrons. The van der Waals surface area contributed by atoms with E-state index in [-0.39, 0.29) is 17.0 Å². The van der Waals surface area contributed by atoms with Gasteiger partial charge in [-0.05, 0) is 59.7 Å². The van der Waals surface area contributed by atoms with E-state index < -0.39 is 0 Å². The number of ether oxygens (including phenoxy) is 4. The molecular weight excluding hydrogens is 520 g/mol. The second-order valence-corrected chi connectivity index (χ2v) is 8.39. The van der Waals surface area contributed by atoms with Gasteiger partial charge in [0, 0.05) is 24.4 Å². The van der Waals surface area contributed by atoms with Crippen LogP contribution >= 0.6 is 0 Å². The average molecular weight is 549 g/mol. The second-order valence-electron chi connectivity index (χ2n) is 8.39. The van der Waals surface area contributed by atoms with Gasteiger partial charge in [0.2, 0.25) is 5.75 Å². The predicted octanol–water partition coefficient (Wildman–Crippen LogP) is 2.20. The van der Waals surface area contributed by atoms with Gasteiger partial charge in [-0.2, -0.15) is 4.57 Å². The van der Waals surface area contributed by atoms with Crippen molar-refractivity contribution in [3.05, 3.63) is 89.8 Å². The first-order chi connectivity index (χ1) is 17.1. The number of hydrogen-bond donors (Lipinski definition) is 0. The molecule has 0 saturated heterocycles. The van der Waals surface area contributed by atoms with Crippen LogP contribution in [0.25, 0.3) is 17.0 Å². The van der Waals surface area contributed by atoms with Crippen molar-refractivity contribution in [2.24, 2.45) is 0 Å². The third kappa shape index (κ3) is 4.71. The molecule has 3 aromatic carbocycles. The van der Waals surface area contributed by atoms with Crippen molar-refractivity contribution in [1.82, 2.24) is 0 Å². The van der Waals surface area contributed by atoms with E-state index in [1.165, 1.54) is 11.1 Å². The molecule has 2 heterocycles. The maximum absolute atomic E-state index is 5.90. The van der Waals surface area contributed by atoms with E-state index in [1.54, 1.807) is 28.4 Å². The normalized spacial score (nSPS) is 11.7. The Balaban J connectivity index is 0.00000304. The molecule has 0 bridgehead atoms. The molecule has 1 aliphatic rings. The summed E-state index contributed by atoms with van der Waals surface area (Å²) in [6.45, 7) is 1.43. The Morgan fingerprint density at radius 3 is 1.97 bits per heavy atom. The van der Waals surface area contributed by atoms with Gasteiger partial charge in [0.1, 0.15) is 11.5 Å². The fourth-order valence-electron chi connectivity index (χ4n) is 4.60. The van der Waals surface area contributed by atoms with Crippen LogP contribution in [0.1, 0.15) is 16.7 Å². The maximum Gasteiger partial charge on any atom is 0.261 e. The fraction of sp³-hybridized carbons (Fsp3) is 0.207. The standard InChI is InChI=1S/C29H29N2O4.BrH/c1-32-23-9-5-20(6-10-23)18-30-15-13-22-17-26(34-3)29(35-4)28-27(22)25(30)14-16-31(28)19-21-7-11-24(33-2)12-8-21;/h5-17H,18-19H2,1-4H3;1H/q+1;/p-1. The molecule has 36 heavy (non-hydrogen) atoms. The largest absolute Gasteiger partial charge is 1.00 e. The number of methoxy groups -OCH3 is 4. The van der Waals surface area contributed by atoms with Crippen LogP contribution in [0.5, 0.6) is 23.0 Å². The Labute approximate surface area is 222 Å². The summed E-state index contributed by atoms with van der Waals surface area (Å²) in [4.78, 5) is 2.26. The fourth-order valence-corrected chi connectivity index (χ4v) is 4.60. The highest BCUT2D eigenvalue weighted by atomic mass is 79.9. The molecule has 0 saturated carbocycles. The van der Waals surface area contributed by atoms with Crippen LogP contribution in [-0.2, 0) is 13.1 Å². The molecule has 5 rings (SSSR count). The lowest BCUT2D eigenvalue weighted by Gasteiger charge is -2.26. The smallest absolute Gasteiger partial charge is 0.261 e. The van der Waals surface area contributed by atoms with Crippen molar-refractivity contribution < 1.29 is 40.5 Å². The highest BCUT2D eigenvalue weighted by Crippen LogP contribution is 2.43. The maximum atomic E-state index is 5.90. The zero-order valence-corrected chi connectivity index (χ0v) is 22.4. The molecule has 0 spiro atoms. The lowest BCUT2D eigenvalue weighted by atomic mass is 10.0. The number of nitrogens with zero attached hydrogens (tertiary/aromatic N) is 2. The van der Waals surface area contributed by atoms with Crippen LogP contribution in [0.4, 0.5) is 5.69 Å². The predicted molar refractivity (Wildman–Crippen MR) is 138 cm³/mol. The minimum absolute atomic E-state index is 0. The van der Waals surface area contributed by atoms with Gasteiger partial charge in [-0.25, -0.2) is 0 Å². The number of halogens is 1. The number of hydrogen-bond acceptors (Lipinski definition) is 5. The lowest BCUT2D eigenvalue weighted by Crippen LogP contribution is -3.00. The van der Waals surface area contributed by atoms with Crippen LogP contribution in [0.15, 0.2) is 73.1 Å². The van der Waals surface area contributed by atoms with Crippen molar-refractivity contribution in [3.8, 4) is 23.0 Å². The topological polar surface area (TPSA) is 44.0 Å². The van der Waals surface area contributed by atoms with E-state index in [9.17, 15) is 0 Å². The van der Waals surface area contributed by atoms with Gasteiger partial charge in [0.05, 0.1) is 39.5 Å². The number of anilines is 1. The van der Waals surface area contributed by atoms with Gasteiger partial charge in [-0.3, -0.25) is 0 Å². The molecule has 0 N–H and O–H groups in total. The number of benzene rings is 3. The molecular formula is C29H29BrN2O4. The molecule has 0 aliphatic carbocycles. The quantitative estimate of drug-likeness (QED) is 0.316. The molecule has 0 amide bonds. The number of aromatic nitrogens is 1. The van der Waals surface area contributed by atoms with Gasteiger partial charge in [-0.1, -0.05) is 12.1 Å². The van der Waals surface area contributed by atoms with E-state index in [0.29, 0.717) is 12.3 Å². The second kappa shape index (κ2) is 10.9. The Hall–Kier alpha value is -3.71. The Morgan fingerprint density at radius 1 is 0.750 bits per heavy atom. The summed E-state index contributed by atoms with van der Waals surface area (Å²) in [6, 6.07) is 20.5. The molecule has 0 unspecified atom stereocenters. The Morgan fingerprint density at radius 2 is 1.39 bits per heavy atom. The summed E-state index contributed by atoms with van der Waals surface area (Å²) in [5.41, 5.74) is 5.59. The van der Waals surface area contributed by atoms with Crippen molar-refractivity contribution in [2.75, 3.05) is 33.3 Å².